The maximum absolute atomic E-state index is 9.77. The molecule has 0 bridgehead atoms. The Bertz CT molecular complexity index is 889. The topological polar surface area (TPSA) is 56.9 Å². The van der Waals surface area contributed by atoms with Crippen LogP contribution in [0.3, 0.4) is 0 Å². The van der Waals surface area contributed by atoms with Crippen molar-refractivity contribution in [1.29, 1.82) is 5.26 Å². The van der Waals surface area contributed by atoms with Crippen LogP contribution < -0.4 is 0 Å². The van der Waals surface area contributed by atoms with Crippen molar-refractivity contribution in [3.8, 4) is 11.9 Å². The third kappa shape index (κ3) is 3.01. The number of pyridine rings is 1. The first kappa shape index (κ1) is 14.7. The van der Waals surface area contributed by atoms with Crippen molar-refractivity contribution in [2.45, 2.75) is 10.8 Å². The van der Waals surface area contributed by atoms with Crippen molar-refractivity contribution >= 4 is 34.1 Å². The van der Waals surface area contributed by atoms with Gasteiger partial charge in [0.1, 0.15) is 5.03 Å². The monoisotopic (exact) mass is 326 g/mol. The van der Waals surface area contributed by atoms with Crippen LogP contribution in [-0.4, -0.2) is 10.1 Å². The van der Waals surface area contributed by atoms with Crippen LogP contribution in [-0.2, 0) is 5.75 Å². The van der Waals surface area contributed by atoms with E-state index in [0.717, 1.165) is 16.3 Å². The molecule has 3 nitrogen and oxygen atoms in total. The number of aromatic nitrogens is 1. The second kappa shape index (κ2) is 6.27. The highest BCUT2D eigenvalue weighted by molar-refractivity contribution is 7.98. The van der Waals surface area contributed by atoms with Gasteiger partial charge in [0.15, 0.2) is 0 Å². The van der Waals surface area contributed by atoms with Crippen molar-refractivity contribution in [2.75, 3.05) is 0 Å². The number of hydrogen-bond acceptors (Lipinski definition) is 4. The Morgan fingerprint density at radius 1 is 1.18 bits per heavy atom. The molecule has 1 heterocycles. The lowest BCUT2D eigenvalue weighted by Gasteiger charge is -2.08. The summed E-state index contributed by atoms with van der Waals surface area (Å²) in [7, 11) is 0. The van der Waals surface area contributed by atoms with Gasteiger partial charge in [0.2, 0.25) is 5.88 Å². The van der Waals surface area contributed by atoms with E-state index in [2.05, 4.69) is 11.1 Å². The van der Waals surface area contributed by atoms with Gasteiger partial charge in [-0.1, -0.05) is 35.9 Å². The van der Waals surface area contributed by atoms with Crippen LogP contribution in [0.15, 0.2) is 53.6 Å². The highest BCUT2D eigenvalue weighted by Crippen LogP contribution is 2.33. The maximum Gasteiger partial charge on any atom is 0.212 e. The predicted molar refractivity (Wildman–Crippen MR) is 89.1 cm³/mol. The fourth-order valence-electron chi connectivity index (χ4n) is 2.19. The molecule has 0 aliphatic rings. The Morgan fingerprint density at radius 3 is 2.82 bits per heavy atom. The van der Waals surface area contributed by atoms with Gasteiger partial charge >= 0.3 is 0 Å². The van der Waals surface area contributed by atoms with Gasteiger partial charge < -0.3 is 5.11 Å². The van der Waals surface area contributed by atoms with Crippen LogP contribution in [0.2, 0.25) is 5.02 Å². The molecule has 0 saturated heterocycles. The summed E-state index contributed by atoms with van der Waals surface area (Å²) in [5.74, 6) is 0.577. The standard InChI is InChI=1S/C17H11ClN2OS/c18-14-6-5-11-7-16(21)20-17(15(11)8-14)22-10-13-4-2-1-3-12(13)9-19/h1-8H,10H2,(H,20,21). The molecule has 22 heavy (non-hydrogen) atoms. The number of nitriles is 1. The summed E-state index contributed by atoms with van der Waals surface area (Å²) >= 11 is 7.53. The summed E-state index contributed by atoms with van der Waals surface area (Å²) in [6.07, 6.45) is 0. The summed E-state index contributed by atoms with van der Waals surface area (Å²) in [5.41, 5.74) is 1.59. The third-order valence-corrected chi connectivity index (χ3v) is 4.52. The number of rotatable bonds is 3. The van der Waals surface area contributed by atoms with E-state index in [9.17, 15) is 5.11 Å². The van der Waals surface area contributed by atoms with Crippen molar-refractivity contribution in [3.63, 3.8) is 0 Å². The lowest BCUT2D eigenvalue weighted by molar-refractivity contribution is 0.450. The van der Waals surface area contributed by atoms with Crippen LogP contribution in [0.5, 0.6) is 5.88 Å². The fraction of sp³-hybridized carbons (Fsp3) is 0.0588. The number of fused-ring (bicyclic) bond motifs is 1. The molecule has 0 radical (unpaired) electrons. The van der Waals surface area contributed by atoms with Crippen molar-refractivity contribution in [2.24, 2.45) is 0 Å². The van der Waals surface area contributed by atoms with Crippen LogP contribution in [0.1, 0.15) is 11.1 Å². The average molecular weight is 327 g/mol. The molecule has 1 aromatic heterocycles. The molecule has 0 aliphatic heterocycles. The number of hydrogen-bond donors (Lipinski definition) is 1. The third-order valence-electron chi connectivity index (χ3n) is 3.25. The van der Waals surface area contributed by atoms with E-state index >= 15 is 0 Å². The average Bonchev–Trinajstić information content (AvgIpc) is 2.53. The summed E-state index contributed by atoms with van der Waals surface area (Å²) in [6, 6.07) is 16.7. The molecule has 3 rings (SSSR count). The Balaban J connectivity index is 1.97. The molecule has 0 unspecified atom stereocenters. The number of thioether (sulfide) groups is 1. The van der Waals surface area contributed by atoms with E-state index < -0.39 is 0 Å². The molecular formula is C17H11ClN2OS. The molecule has 0 spiro atoms. The normalized spacial score (nSPS) is 10.5. The minimum absolute atomic E-state index is 0.0223. The summed E-state index contributed by atoms with van der Waals surface area (Å²) in [6.45, 7) is 0. The second-order valence-corrected chi connectivity index (χ2v) is 6.11. The van der Waals surface area contributed by atoms with Gasteiger partial charge in [0.05, 0.1) is 11.6 Å². The van der Waals surface area contributed by atoms with Crippen molar-refractivity contribution in [1.82, 2.24) is 4.98 Å². The first-order valence-corrected chi connectivity index (χ1v) is 7.94. The van der Waals surface area contributed by atoms with E-state index in [1.165, 1.54) is 11.8 Å². The van der Waals surface area contributed by atoms with Crippen molar-refractivity contribution in [3.05, 3.63) is 64.7 Å². The summed E-state index contributed by atoms with van der Waals surface area (Å²) in [5, 5.41) is 22.0. The van der Waals surface area contributed by atoms with E-state index in [1.54, 1.807) is 18.2 Å². The molecule has 0 atom stereocenters. The number of nitrogens with zero attached hydrogens (tertiary/aromatic N) is 2. The molecule has 1 N–H and O–H groups in total. The van der Waals surface area contributed by atoms with Gasteiger partial charge in [-0.25, -0.2) is 4.98 Å². The number of benzene rings is 2. The van der Waals surface area contributed by atoms with E-state index in [1.807, 2.05) is 30.3 Å². The minimum atomic E-state index is -0.0223. The van der Waals surface area contributed by atoms with E-state index in [0.29, 0.717) is 21.4 Å². The SMILES string of the molecule is N#Cc1ccccc1CSc1nc(O)cc2ccc(Cl)cc12. The van der Waals surface area contributed by atoms with Crippen molar-refractivity contribution < 1.29 is 5.11 Å². The Hall–Kier alpha value is -2.22. The summed E-state index contributed by atoms with van der Waals surface area (Å²) in [4.78, 5) is 4.19. The quantitative estimate of drug-likeness (QED) is 0.705. The predicted octanol–water partition coefficient (Wildman–Crippen LogP) is 4.76. The number of halogens is 1. The zero-order valence-corrected chi connectivity index (χ0v) is 13.0. The smallest absolute Gasteiger partial charge is 0.212 e. The van der Waals surface area contributed by atoms with Gasteiger partial charge in [-0.05, 0) is 29.1 Å². The van der Waals surface area contributed by atoms with Crippen LogP contribution in [0.4, 0.5) is 0 Å². The minimum Gasteiger partial charge on any atom is -0.493 e. The summed E-state index contributed by atoms with van der Waals surface area (Å²) < 4.78 is 0. The molecule has 0 aliphatic carbocycles. The lowest BCUT2D eigenvalue weighted by Crippen LogP contribution is -1.89. The highest BCUT2D eigenvalue weighted by atomic mass is 35.5. The lowest BCUT2D eigenvalue weighted by atomic mass is 10.1. The first-order chi connectivity index (χ1) is 10.7. The number of aromatic hydroxyl groups is 1. The molecule has 108 valence electrons. The molecule has 5 heteroatoms. The van der Waals surface area contributed by atoms with Gasteiger partial charge in [-0.2, -0.15) is 5.26 Å². The molecule has 3 aromatic rings. The fourth-order valence-corrected chi connectivity index (χ4v) is 3.39. The molecule has 2 aromatic carbocycles. The van der Waals surface area contributed by atoms with Crippen LogP contribution in [0, 0.1) is 11.3 Å². The Labute approximate surface area is 137 Å². The molecule has 0 amide bonds. The maximum atomic E-state index is 9.77. The van der Waals surface area contributed by atoms with Gasteiger partial charge in [0, 0.05) is 22.2 Å². The Kier molecular flexibility index (Phi) is 4.19. The molecular weight excluding hydrogens is 316 g/mol. The van der Waals surface area contributed by atoms with E-state index in [4.69, 9.17) is 16.9 Å². The second-order valence-electron chi connectivity index (χ2n) is 4.71. The molecule has 0 fully saturated rings. The van der Waals surface area contributed by atoms with Crippen LogP contribution >= 0.6 is 23.4 Å². The zero-order valence-electron chi connectivity index (χ0n) is 11.5. The van der Waals surface area contributed by atoms with Gasteiger partial charge in [0.25, 0.3) is 0 Å². The largest absolute Gasteiger partial charge is 0.493 e. The van der Waals surface area contributed by atoms with E-state index in [-0.39, 0.29) is 5.88 Å². The molecule has 0 saturated carbocycles. The van der Waals surface area contributed by atoms with Crippen LogP contribution in [0.25, 0.3) is 10.8 Å². The Morgan fingerprint density at radius 2 is 2.00 bits per heavy atom. The first-order valence-electron chi connectivity index (χ1n) is 6.57. The zero-order chi connectivity index (χ0) is 15.5. The van der Waals surface area contributed by atoms with Gasteiger partial charge in [-0.15, -0.1) is 11.8 Å². The van der Waals surface area contributed by atoms with Gasteiger partial charge in [-0.3, -0.25) is 0 Å². The highest BCUT2D eigenvalue weighted by Gasteiger charge is 2.09.